The van der Waals surface area contributed by atoms with E-state index >= 15 is 0 Å². The third-order valence-electron chi connectivity index (χ3n) is 4.64. The van der Waals surface area contributed by atoms with Crippen molar-refractivity contribution in [2.24, 2.45) is 5.92 Å². The van der Waals surface area contributed by atoms with Gasteiger partial charge in [-0.2, -0.15) is 5.26 Å². The van der Waals surface area contributed by atoms with Crippen molar-refractivity contribution in [3.63, 3.8) is 0 Å². The van der Waals surface area contributed by atoms with Gasteiger partial charge in [-0.15, -0.1) is 22.7 Å². The number of fused-ring (bicyclic) bond motifs is 1. The molecule has 0 aromatic carbocycles. The summed E-state index contributed by atoms with van der Waals surface area (Å²) in [5.74, 6) is -0.220. The van der Waals surface area contributed by atoms with E-state index in [4.69, 9.17) is 10.00 Å². The number of nitrogens with zero attached hydrogens (tertiary/aromatic N) is 1. The molecule has 1 N–H and O–H groups in total. The van der Waals surface area contributed by atoms with Gasteiger partial charge in [0, 0.05) is 4.88 Å². The predicted molar refractivity (Wildman–Crippen MR) is 103 cm³/mol. The summed E-state index contributed by atoms with van der Waals surface area (Å²) in [6.07, 6.45) is 3.41. The maximum absolute atomic E-state index is 12.4. The summed E-state index contributed by atoms with van der Waals surface area (Å²) in [5.41, 5.74) is 1.65. The van der Waals surface area contributed by atoms with Gasteiger partial charge in [-0.25, -0.2) is 4.79 Å². The summed E-state index contributed by atoms with van der Waals surface area (Å²) in [6.45, 7) is 3.73. The van der Waals surface area contributed by atoms with Gasteiger partial charge in [-0.3, -0.25) is 4.79 Å². The Morgan fingerprint density at radius 2 is 2.31 bits per heavy atom. The van der Waals surface area contributed by atoms with Gasteiger partial charge in [-0.05, 0) is 55.2 Å². The van der Waals surface area contributed by atoms with E-state index in [1.165, 1.54) is 46.5 Å². The van der Waals surface area contributed by atoms with Crippen LogP contribution in [0.2, 0.25) is 0 Å². The van der Waals surface area contributed by atoms with E-state index in [-0.39, 0.29) is 0 Å². The van der Waals surface area contributed by atoms with Crippen LogP contribution >= 0.6 is 22.7 Å². The van der Waals surface area contributed by atoms with Crippen LogP contribution in [0.5, 0.6) is 0 Å². The Hall–Kier alpha value is -2.17. The molecule has 0 saturated carbocycles. The normalized spacial score (nSPS) is 17.0. The van der Waals surface area contributed by atoms with E-state index in [1.54, 1.807) is 11.4 Å². The molecule has 1 aliphatic carbocycles. The molecule has 2 heterocycles. The molecule has 3 rings (SSSR count). The van der Waals surface area contributed by atoms with Gasteiger partial charge in [0.1, 0.15) is 15.9 Å². The van der Waals surface area contributed by atoms with Gasteiger partial charge < -0.3 is 10.1 Å². The van der Waals surface area contributed by atoms with Crippen LogP contribution in [0, 0.1) is 17.2 Å². The monoisotopic (exact) mass is 388 g/mol. The summed E-state index contributed by atoms with van der Waals surface area (Å²) >= 11 is 2.74. The minimum absolute atomic E-state index is 0.401. The molecule has 0 saturated heterocycles. The van der Waals surface area contributed by atoms with Crippen LogP contribution in [0.25, 0.3) is 0 Å². The Bertz CT molecular complexity index is 863. The molecule has 1 aliphatic rings. The Labute approximate surface area is 160 Å². The zero-order chi connectivity index (χ0) is 18.7. The summed E-state index contributed by atoms with van der Waals surface area (Å²) < 4.78 is 5.33. The number of hydrogen-bond donors (Lipinski definition) is 1. The minimum atomic E-state index is -0.932. The zero-order valence-electron chi connectivity index (χ0n) is 14.7. The number of esters is 1. The van der Waals surface area contributed by atoms with Crippen LogP contribution in [0.1, 0.15) is 52.4 Å². The van der Waals surface area contributed by atoms with E-state index in [2.05, 4.69) is 12.2 Å². The number of hydrogen-bond acceptors (Lipinski definition) is 6. The van der Waals surface area contributed by atoms with E-state index in [1.807, 2.05) is 12.1 Å². The number of rotatable bonds is 5. The Kier molecular flexibility index (Phi) is 5.74. The van der Waals surface area contributed by atoms with Gasteiger partial charge in [0.25, 0.3) is 5.91 Å². The van der Waals surface area contributed by atoms with Gasteiger partial charge in [0.2, 0.25) is 0 Å². The van der Waals surface area contributed by atoms with E-state index in [0.29, 0.717) is 21.4 Å². The highest BCUT2D eigenvalue weighted by molar-refractivity contribution is 7.14. The maximum Gasteiger partial charge on any atom is 0.349 e. The molecule has 0 radical (unpaired) electrons. The highest BCUT2D eigenvalue weighted by Crippen LogP contribution is 2.34. The molecular formula is C19H20N2O3S2. The molecule has 5 nitrogen and oxygen atoms in total. The van der Waals surface area contributed by atoms with E-state index < -0.39 is 18.0 Å². The predicted octanol–water partition coefficient (Wildman–Crippen LogP) is 4.38. The molecule has 2 atom stereocenters. The van der Waals surface area contributed by atoms with Crippen LogP contribution in [0.15, 0.2) is 17.5 Å². The number of carbonyl (C=O) groups excluding carboxylic acids is 2. The van der Waals surface area contributed by atoms with Gasteiger partial charge in [0.05, 0.1) is 5.56 Å². The van der Waals surface area contributed by atoms with Crippen molar-refractivity contribution < 1.29 is 14.3 Å². The lowest BCUT2D eigenvalue weighted by Crippen LogP contribution is -2.29. The number of anilines is 1. The van der Waals surface area contributed by atoms with Crippen molar-refractivity contribution in [2.75, 3.05) is 5.32 Å². The van der Waals surface area contributed by atoms with Gasteiger partial charge in [-0.1, -0.05) is 13.3 Å². The molecule has 2 aromatic rings. The molecule has 0 spiro atoms. The number of thiophene rings is 2. The lowest BCUT2D eigenvalue weighted by Gasteiger charge is -2.19. The van der Waals surface area contributed by atoms with Crippen molar-refractivity contribution in [3.05, 3.63) is 38.4 Å². The quantitative estimate of drug-likeness (QED) is 0.771. The maximum atomic E-state index is 12.4. The second-order valence-corrected chi connectivity index (χ2v) is 8.44. The van der Waals surface area contributed by atoms with Crippen molar-refractivity contribution in [3.8, 4) is 6.07 Å². The summed E-state index contributed by atoms with van der Waals surface area (Å²) in [6, 6.07) is 5.57. The molecule has 0 aliphatic heterocycles. The summed E-state index contributed by atoms with van der Waals surface area (Å²) in [4.78, 5) is 26.5. The topological polar surface area (TPSA) is 79.2 Å². The van der Waals surface area contributed by atoms with Crippen molar-refractivity contribution in [1.29, 1.82) is 5.26 Å². The number of nitrogens with one attached hydrogen (secondary N) is 1. The highest BCUT2D eigenvalue weighted by atomic mass is 32.1. The van der Waals surface area contributed by atoms with Crippen molar-refractivity contribution in [1.82, 2.24) is 0 Å². The SMILES string of the molecule is CC[C@@H]1CCc2sc(C(=O)O[C@H](C)C(=O)Nc3sccc3C#N)cc2C1. The van der Waals surface area contributed by atoms with Crippen molar-refractivity contribution in [2.45, 2.75) is 45.6 Å². The number of nitriles is 1. The molecule has 1 amide bonds. The fourth-order valence-corrected chi connectivity index (χ4v) is 4.86. The molecule has 26 heavy (non-hydrogen) atoms. The smallest absolute Gasteiger partial charge is 0.349 e. The van der Waals surface area contributed by atoms with Gasteiger partial charge in [0.15, 0.2) is 6.10 Å². The number of aryl methyl sites for hydroxylation is 1. The standard InChI is InChI=1S/C19H20N2O3S2/c1-3-12-4-5-15-14(8-12)9-16(26-15)19(23)24-11(2)17(22)21-18-13(10-20)6-7-25-18/h6-7,9,11-12H,3-5,8H2,1-2H3,(H,21,22)/t11-,12-/m1/s1. The number of amides is 1. The zero-order valence-corrected chi connectivity index (χ0v) is 16.3. The third kappa shape index (κ3) is 3.97. The molecule has 0 bridgehead atoms. The van der Waals surface area contributed by atoms with E-state index in [0.717, 1.165) is 19.3 Å². The molecule has 136 valence electrons. The van der Waals surface area contributed by atoms with E-state index in [9.17, 15) is 9.59 Å². The van der Waals surface area contributed by atoms with Crippen LogP contribution in [0.3, 0.4) is 0 Å². The first-order chi connectivity index (χ1) is 12.5. The fourth-order valence-electron chi connectivity index (χ4n) is 3.03. The molecular weight excluding hydrogens is 368 g/mol. The second-order valence-electron chi connectivity index (χ2n) is 6.39. The summed E-state index contributed by atoms with van der Waals surface area (Å²) in [5, 5.41) is 13.8. The van der Waals surface area contributed by atoms with Crippen LogP contribution in [-0.2, 0) is 22.4 Å². The van der Waals surface area contributed by atoms with Crippen LogP contribution < -0.4 is 5.32 Å². The summed E-state index contributed by atoms with van der Waals surface area (Å²) in [7, 11) is 0. The molecule has 0 fully saturated rings. The van der Waals surface area contributed by atoms with Crippen LogP contribution in [0.4, 0.5) is 5.00 Å². The molecule has 0 unspecified atom stereocenters. The molecule has 2 aromatic heterocycles. The minimum Gasteiger partial charge on any atom is -0.448 e. The Morgan fingerprint density at radius 3 is 3.04 bits per heavy atom. The number of carbonyl (C=O) groups is 2. The third-order valence-corrected chi connectivity index (χ3v) is 6.69. The van der Waals surface area contributed by atoms with Crippen LogP contribution in [-0.4, -0.2) is 18.0 Å². The lowest BCUT2D eigenvalue weighted by atomic mass is 9.87. The lowest BCUT2D eigenvalue weighted by molar-refractivity contribution is -0.123. The fraction of sp³-hybridized carbons (Fsp3) is 0.421. The average molecular weight is 389 g/mol. The largest absolute Gasteiger partial charge is 0.448 e. The first-order valence-electron chi connectivity index (χ1n) is 8.62. The average Bonchev–Trinajstić information content (AvgIpc) is 3.26. The molecule has 7 heteroatoms. The first-order valence-corrected chi connectivity index (χ1v) is 10.3. The Morgan fingerprint density at radius 1 is 1.50 bits per heavy atom. The van der Waals surface area contributed by atoms with Crippen molar-refractivity contribution >= 4 is 39.6 Å². The number of ether oxygens (including phenoxy) is 1. The second kappa shape index (κ2) is 8.02. The first kappa shape index (κ1) is 18.6. The highest BCUT2D eigenvalue weighted by Gasteiger charge is 2.25. The Balaban J connectivity index is 1.62. The van der Waals surface area contributed by atoms with Gasteiger partial charge >= 0.3 is 5.97 Å².